The SMILES string of the molecule is Nc1ccccc1-c1ccccc1.[Pd+2]. The third kappa shape index (κ3) is 2.23. The predicted molar refractivity (Wildman–Crippen MR) is 56.3 cm³/mol. The topological polar surface area (TPSA) is 26.0 Å². The van der Waals surface area contributed by atoms with Crippen molar-refractivity contribution in [3.05, 3.63) is 54.6 Å². The second kappa shape index (κ2) is 4.95. The molecule has 0 heterocycles. The normalized spacial score (nSPS) is 9.14. The van der Waals surface area contributed by atoms with Crippen LogP contribution in [0.1, 0.15) is 0 Å². The van der Waals surface area contributed by atoms with Crippen molar-refractivity contribution in [1.29, 1.82) is 0 Å². The van der Waals surface area contributed by atoms with E-state index in [0.717, 1.165) is 11.3 Å². The van der Waals surface area contributed by atoms with Gasteiger partial charge in [-0.15, -0.1) is 0 Å². The minimum Gasteiger partial charge on any atom is -0.398 e. The van der Waals surface area contributed by atoms with Gasteiger partial charge in [-0.05, 0) is 11.6 Å². The first kappa shape index (κ1) is 11.0. The molecule has 1 nitrogen and oxygen atoms in total. The molecule has 2 aromatic carbocycles. The van der Waals surface area contributed by atoms with Crippen molar-refractivity contribution >= 4 is 5.69 Å². The molecule has 0 atom stereocenters. The van der Waals surface area contributed by atoms with Crippen LogP contribution in [0.5, 0.6) is 0 Å². The molecule has 0 aliphatic rings. The quantitative estimate of drug-likeness (QED) is 0.628. The van der Waals surface area contributed by atoms with E-state index >= 15 is 0 Å². The Morgan fingerprint density at radius 2 is 1.29 bits per heavy atom. The van der Waals surface area contributed by atoms with E-state index in [1.165, 1.54) is 5.56 Å². The second-order valence-corrected chi connectivity index (χ2v) is 2.95. The van der Waals surface area contributed by atoms with Crippen LogP contribution in [-0.2, 0) is 20.4 Å². The number of nitrogen functional groups attached to an aromatic ring is 1. The Morgan fingerprint density at radius 1 is 0.714 bits per heavy atom. The first-order valence-corrected chi connectivity index (χ1v) is 4.28. The van der Waals surface area contributed by atoms with E-state index in [4.69, 9.17) is 5.73 Å². The van der Waals surface area contributed by atoms with Crippen molar-refractivity contribution < 1.29 is 20.4 Å². The van der Waals surface area contributed by atoms with Crippen LogP contribution in [0.2, 0.25) is 0 Å². The largest absolute Gasteiger partial charge is 2.00 e. The van der Waals surface area contributed by atoms with Gasteiger partial charge in [-0.2, -0.15) is 0 Å². The van der Waals surface area contributed by atoms with Crippen LogP contribution in [0.3, 0.4) is 0 Å². The molecular formula is C12H11NPd+2. The van der Waals surface area contributed by atoms with Gasteiger partial charge in [-0.25, -0.2) is 0 Å². The summed E-state index contributed by atoms with van der Waals surface area (Å²) in [5.41, 5.74) is 8.95. The fraction of sp³-hybridized carbons (Fsp3) is 0. The van der Waals surface area contributed by atoms with Crippen LogP contribution in [0, 0.1) is 0 Å². The summed E-state index contributed by atoms with van der Waals surface area (Å²) in [5, 5.41) is 0. The third-order valence-electron chi connectivity index (χ3n) is 2.05. The van der Waals surface area contributed by atoms with Crippen molar-refractivity contribution in [3.63, 3.8) is 0 Å². The van der Waals surface area contributed by atoms with E-state index in [2.05, 4.69) is 12.1 Å². The molecule has 0 unspecified atom stereocenters. The molecule has 14 heavy (non-hydrogen) atoms. The molecular weight excluding hydrogens is 265 g/mol. The van der Waals surface area contributed by atoms with Gasteiger partial charge in [0.1, 0.15) is 0 Å². The van der Waals surface area contributed by atoms with Gasteiger partial charge in [0.2, 0.25) is 0 Å². The van der Waals surface area contributed by atoms with Gasteiger partial charge in [0, 0.05) is 11.3 Å². The van der Waals surface area contributed by atoms with Gasteiger partial charge in [0.05, 0.1) is 0 Å². The van der Waals surface area contributed by atoms with E-state index in [1.807, 2.05) is 42.5 Å². The zero-order chi connectivity index (χ0) is 9.10. The monoisotopic (exact) mass is 275 g/mol. The predicted octanol–water partition coefficient (Wildman–Crippen LogP) is 2.93. The number of rotatable bonds is 1. The second-order valence-electron chi connectivity index (χ2n) is 2.95. The van der Waals surface area contributed by atoms with Crippen LogP contribution in [-0.4, -0.2) is 0 Å². The average Bonchev–Trinajstić information content (AvgIpc) is 2.20. The average molecular weight is 276 g/mol. The Morgan fingerprint density at radius 3 is 1.93 bits per heavy atom. The molecule has 0 aromatic heterocycles. The molecule has 0 aliphatic heterocycles. The Labute approximate surface area is 97.6 Å². The standard InChI is InChI=1S/C12H11N.Pd/c13-12-9-5-4-8-11(12)10-6-2-1-3-7-10;/h1-9H,13H2;/q;+2. The Hall–Kier alpha value is -1.10. The van der Waals surface area contributed by atoms with Crippen molar-refractivity contribution in [3.8, 4) is 11.1 Å². The van der Waals surface area contributed by atoms with E-state index in [1.54, 1.807) is 0 Å². The van der Waals surface area contributed by atoms with Gasteiger partial charge in [0.15, 0.2) is 0 Å². The Balaban J connectivity index is 0.000000980. The van der Waals surface area contributed by atoms with Crippen LogP contribution in [0.15, 0.2) is 54.6 Å². The summed E-state index contributed by atoms with van der Waals surface area (Å²) in [6.07, 6.45) is 0. The molecule has 2 rings (SSSR count). The summed E-state index contributed by atoms with van der Waals surface area (Å²) >= 11 is 0. The number of nitrogens with two attached hydrogens (primary N) is 1. The molecule has 0 amide bonds. The maximum Gasteiger partial charge on any atom is 2.00 e. The first-order chi connectivity index (χ1) is 6.38. The van der Waals surface area contributed by atoms with Gasteiger partial charge in [-0.3, -0.25) is 0 Å². The zero-order valence-corrected chi connectivity index (χ0v) is 9.14. The molecule has 2 heteroatoms. The Bertz CT molecular complexity index is 398. The van der Waals surface area contributed by atoms with Crippen LogP contribution in [0.25, 0.3) is 11.1 Å². The van der Waals surface area contributed by atoms with Crippen molar-refractivity contribution in [2.75, 3.05) is 5.73 Å². The minimum atomic E-state index is 0. The molecule has 72 valence electrons. The smallest absolute Gasteiger partial charge is 0.398 e. The van der Waals surface area contributed by atoms with Gasteiger partial charge in [-0.1, -0.05) is 48.5 Å². The third-order valence-corrected chi connectivity index (χ3v) is 2.05. The van der Waals surface area contributed by atoms with E-state index in [9.17, 15) is 0 Å². The minimum absolute atomic E-state index is 0. The molecule has 0 aliphatic carbocycles. The summed E-state index contributed by atoms with van der Waals surface area (Å²) in [7, 11) is 0. The molecule has 0 bridgehead atoms. The van der Waals surface area contributed by atoms with Crippen LogP contribution < -0.4 is 5.73 Å². The Kier molecular flexibility index (Phi) is 3.88. The zero-order valence-electron chi connectivity index (χ0n) is 7.59. The maximum atomic E-state index is 5.85. The maximum absolute atomic E-state index is 5.85. The summed E-state index contributed by atoms with van der Waals surface area (Å²) in [6, 6.07) is 18.1. The van der Waals surface area contributed by atoms with Crippen LogP contribution >= 0.6 is 0 Å². The van der Waals surface area contributed by atoms with Crippen molar-refractivity contribution in [2.24, 2.45) is 0 Å². The van der Waals surface area contributed by atoms with Crippen LogP contribution in [0.4, 0.5) is 5.69 Å². The number of hydrogen-bond donors (Lipinski definition) is 1. The van der Waals surface area contributed by atoms with E-state index in [0.29, 0.717) is 0 Å². The molecule has 0 saturated heterocycles. The van der Waals surface area contributed by atoms with Gasteiger partial charge in [0.25, 0.3) is 0 Å². The number of anilines is 1. The fourth-order valence-corrected chi connectivity index (χ4v) is 1.38. The van der Waals surface area contributed by atoms with Gasteiger partial charge >= 0.3 is 20.4 Å². The fourth-order valence-electron chi connectivity index (χ4n) is 1.38. The summed E-state index contributed by atoms with van der Waals surface area (Å²) < 4.78 is 0. The van der Waals surface area contributed by atoms with Crippen molar-refractivity contribution in [2.45, 2.75) is 0 Å². The van der Waals surface area contributed by atoms with Crippen molar-refractivity contribution in [1.82, 2.24) is 0 Å². The van der Waals surface area contributed by atoms with E-state index < -0.39 is 0 Å². The summed E-state index contributed by atoms with van der Waals surface area (Å²) in [5.74, 6) is 0. The molecule has 2 aromatic rings. The first-order valence-electron chi connectivity index (χ1n) is 4.28. The molecule has 0 saturated carbocycles. The molecule has 0 spiro atoms. The van der Waals surface area contributed by atoms with Gasteiger partial charge < -0.3 is 5.73 Å². The summed E-state index contributed by atoms with van der Waals surface area (Å²) in [6.45, 7) is 0. The molecule has 0 fully saturated rings. The molecule has 0 radical (unpaired) electrons. The van der Waals surface area contributed by atoms with E-state index in [-0.39, 0.29) is 20.4 Å². The summed E-state index contributed by atoms with van der Waals surface area (Å²) in [4.78, 5) is 0. The number of hydrogen-bond acceptors (Lipinski definition) is 1. The number of benzene rings is 2. The molecule has 2 N–H and O–H groups in total. The number of para-hydroxylation sites is 1.